The number of carbonyl (C=O) groups is 1. The van der Waals surface area contributed by atoms with Gasteiger partial charge in [-0.3, -0.25) is 14.9 Å². The average molecular weight is 297 g/mol. The fourth-order valence-electron chi connectivity index (χ4n) is 2.20. The summed E-state index contributed by atoms with van der Waals surface area (Å²) in [6.45, 7) is 1.69. The number of nitro benzene ring substituents is 1. The molecule has 1 heterocycles. The van der Waals surface area contributed by atoms with E-state index in [0.717, 1.165) is 4.90 Å². The summed E-state index contributed by atoms with van der Waals surface area (Å²) in [6.07, 6.45) is 1.71. The number of allylic oxidation sites excluding steroid dienone is 1. The van der Waals surface area contributed by atoms with Crippen molar-refractivity contribution in [1.82, 2.24) is 0 Å². The second-order valence-corrected chi connectivity index (χ2v) is 5.82. The number of benzene rings is 2. The number of hydrogen-bond acceptors (Lipinski definition) is 4. The Bertz CT molecular complexity index is 796. The maximum atomic E-state index is 12.3. The Morgan fingerprint density at radius 3 is 2.67 bits per heavy atom. The van der Waals surface area contributed by atoms with Crippen LogP contribution in [0.3, 0.4) is 0 Å². The lowest BCUT2D eigenvalue weighted by molar-refractivity contribution is -0.385. The molecule has 0 unspecified atom stereocenters. The molecule has 1 aliphatic rings. The van der Waals surface area contributed by atoms with Crippen LogP contribution in [0.2, 0.25) is 0 Å². The highest BCUT2D eigenvalue weighted by atomic mass is 32.2. The van der Waals surface area contributed by atoms with Crippen LogP contribution in [0.25, 0.3) is 6.08 Å². The van der Waals surface area contributed by atoms with E-state index in [1.54, 1.807) is 31.2 Å². The molecule has 0 radical (unpaired) electrons. The maximum Gasteiger partial charge on any atom is 0.272 e. The molecule has 2 aromatic rings. The second kappa shape index (κ2) is 5.18. The Kier molecular flexibility index (Phi) is 3.35. The summed E-state index contributed by atoms with van der Waals surface area (Å²) in [5.74, 6) is -0.0289. The van der Waals surface area contributed by atoms with Crippen molar-refractivity contribution in [3.8, 4) is 0 Å². The molecule has 0 fully saturated rings. The third-order valence-electron chi connectivity index (χ3n) is 3.30. The molecule has 0 spiro atoms. The van der Waals surface area contributed by atoms with Gasteiger partial charge in [0.25, 0.3) is 5.69 Å². The third-order valence-corrected chi connectivity index (χ3v) is 4.40. The Hall–Kier alpha value is -2.40. The van der Waals surface area contributed by atoms with Crippen molar-refractivity contribution < 1.29 is 9.72 Å². The molecule has 0 N–H and O–H groups in total. The van der Waals surface area contributed by atoms with Crippen molar-refractivity contribution in [2.24, 2.45) is 0 Å². The monoisotopic (exact) mass is 297 g/mol. The standard InChI is InChI=1S/C16H11NO3S/c1-10-6-7-11(8-13(10)17(19)20)9-15-16(18)12-4-2-3-5-14(12)21-15/h2-9H,1H3/b15-9+. The first kappa shape index (κ1) is 13.6. The molecule has 104 valence electrons. The highest BCUT2D eigenvalue weighted by Gasteiger charge is 2.25. The highest BCUT2D eigenvalue weighted by molar-refractivity contribution is 8.04. The van der Waals surface area contributed by atoms with Gasteiger partial charge in [-0.25, -0.2) is 0 Å². The van der Waals surface area contributed by atoms with E-state index < -0.39 is 4.92 Å². The summed E-state index contributed by atoms with van der Waals surface area (Å²) in [4.78, 5) is 24.3. The number of aryl methyl sites for hydroxylation is 1. The van der Waals surface area contributed by atoms with Crippen LogP contribution in [0.4, 0.5) is 5.69 Å². The molecule has 21 heavy (non-hydrogen) atoms. The minimum atomic E-state index is -0.407. The third kappa shape index (κ3) is 2.48. The maximum absolute atomic E-state index is 12.3. The Balaban J connectivity index is 2.00. The van der Waals surface area contributed by atoms with Crippen LogP contribution in [0.5, 0.6) is 0 Å². The molecule has 0 amide bonds. The molecule has 0 aromatic heterocycles. The van der Waals surface area contributed by atoms with Gasteiger partial charge in [0.15, 0.2) is 0 Å². The van der Waals surface area contributed by atoms with Crippen molar-refractivity contribution in [3.63, 3.8) is 0 Å². The lowest BCUT2D eigenvalue weighted by Crippen LogP contribution is -1.95. The molecule has 0 bridgehead atoms. The summed E-state index contributed by atoms with van der Waals surface area (Å²) in [5.41, 5.74) is 2.03. The molecular weight excluding hydrogens is 286 g/mol. The summed E-state index contributed by atoms with van der Waals surface area (Å²) in [6, 6.07) is 12.4. The van der Waals surface area contributed by atoms with Crippen LogP contribution in [-0.2, 0) is 0 Å². The van der Waals surface area contributed by atoms with E-state index in [4.69, 9.17) is 0 Å². The van der Waals surface area contributed by atoms with Crippen LogP contribution >= 0.6 is 11.8 Å². The van der Waals surface area contributed by atoms with E-state index in [1.807, 2.05) is 18.2 Å². The molecule has 0 aliphatic carbocycles. The summed E-state index contributed by atoms with van der Waals surface area (Å²) in [5, 5.41) is 11.0. The molecular formula is C16H11NO3S. The molecule has 5 heteroatoms. The first-order valence-electron chi connectivity index (χ1n) is 6.34. The van der Waals surface area contributed by atoms with E-state index in [9.17, 15) is 14.9 Å². The number of fused-ring (bicyclic) bond motifs is 1. The topological polar surface area (TPSA) is 60.2 Å². The second-order valence-electron chi connectivity index (χ2n) is 4.74. The van der Waals surface area contributed by atoms with Crippen molar-refractivity contribution in [2.75, 3.05) is 0 Å². The summed E-state index contributed by atoms with van der Waals surface area (Å²) >= 11 is 1.40. The molecule has 0 atom stereocenters. The van der Waals surface area contributed by atoms with Crippen LogP contribution in [0.1, 0.15) is 21.5 Å². The zero-order valence-electron chi connectivity index (χ0n) is 11.2. The van der Waals surface area contributed by atoms with Crippen LogP contribution < -0.4 is 0 Å². The number of nitrogens with zero attached hydrogens (tertiary/aromatic N) is 1. The Labute approximate surface area is 125 Å². The average Bonchev–Trinajstić information content (AvgIpc) is 2.78. The number of rotatable bonds is 2. The van der Waals surface area contributed by atoms with E-state index in [-0.39, 0.29) is 11.5 Å². The molecule has 3 rings (SSSR count). The van der Waals surface area contributed by atoms with Crippen molar-refractivity contribution >= 4 is 29.3 Å². The predicted octanol–water partition coefficient (Wildman–Crippen LogP) is 4.23. The smallest absolute Gasteiger partial charge is 0.272 e. The molecule has 2 aromatic carbocycles. The zero-order chi connectivity index (χ0) is 15.0. The fourth-order valence-corrected chi connectivity index (χ4v) is 3.25. The van der Waals surface area contributed by atoms with E-state index in [1.165, 1.54) is 17.8 Å². The van der Waals surface area contributed by atoms with Crippen LogP contribution in [-0.4, -0.2) is 10.7 Å². The van der Waals surface area contributed by atoms with Gasteiger partial charge in [0.05, 0.1) is 9.83 Å². The lowest BCUT2D eigenvalue weighted by atomic mass is 10.1. The quantitative estimate of drug-likeness (QED) is 0.473. The van der Waals surface area contributed by atoms with Gasteiger partial charge >= 0.3 is 0 Å². The summed E-state index contributed by atoms with van der Waals surface area (Å²) < 4.78 is 0. The molecule has 0 saturated heterocycles. The summed E-state index contributed by atoms with van der Waals surface area (Å²) in [7, 11) is 0. The van der Waals surface area contributed by atoms with Gasteiger partial charge in [0.2, 0.25) is 5.78 Å². The van der Waals surface area contributed by atoms with Gasteiger partial charge in [-0.05, 0) is 30.7 Å². The first-order valence-corrected chi connectivity index (χ1v) is 7.16. The minimum absolute atomic E-state index is 0.0289. The normalized spacial score (nSPS) is 15.3. The van der Waals surface area contributed by atoms with E-state index in [0.29, 0.717) is 21.6 Å². The number of nitro groups is 1. The highest BCUT2D eigenvalue weighted by Crippen LogP contribution is 2.40. The predicted molar refractivity (Wildman–Crippen MR) is 82.4 cm³/mol. The fraction of sp³-hybridized carbons (Fsp3) is 0.0625. The molecule has 0 saturated carbocycles. The van der Waals surface area contributed by atoms with E-state index >= 15 is 0 Å². The number of carbonyl (C=O) groups excluding carboxylic acids is 1. The molecule has 4 nitrogen and oxygen atoms in total. The zero-order valence-corrected chi connectivity index (χ0v) is 12.0. The van der Waals surface area contributed by atoms with Crippen LogP contribution in [0, 0.1) is 17.0 Å². The Morgan fingerprint density at radius 1 is 1.19 bits per heavy atom. The van der Waals surface area contributed by atoms with Gasteiger partial charge in [0.1, 0.15) is 0 Å². The van der Waals surface area contributed by atoms with Crippen LogP contribution in [0.15, 0.2) is 52.3 Å². The number of ketones is 1. The SMILES string of the molecule is Cc1ccc(/C=C2/Sc3ccccc3C2=O)cc1[N+](=O)[O-]. The van der Waals surface area contributed by atoms with Crippen molar-refractivity contribution in [3.05, 3.63) is 74.2 Å². The van der Waals surface area contributed by atoms with Gasteiger partial charge in [-0.2, -0.15) is 0 Å². The lowest BCUT2D eigenvalue weighted by Gasteiger charge is -2.00. The molecule has 1 aliphatic heterocycles. The van der Waals surface area contributed by atoms with Crippen molar-refractivity contribution in [2.45, 2.75) is 11.8 Å². The van der Waals surface area contributed by atoms with E-state index in [2.05, 4.69) is 0 Å². The first-order chi connectivity index (χ1) is 10.1. The Morgan fingerprint density at radius 2 is 1.95 bits per heavy atom. The van der Waals surface area contributed by atoms with Gasteiger partial charge in [-0.15, -0.1) is 0 Å². The van der Waals surface area contributed by atoms with Gasteiger partial charge < -0.3 is 0 Å². The number of hydrogen-bond donors (Lipinski definition) is 0. The number of thioether (sulfide) groups is 1. The van der Waals surface area contributed by atoms with Gasteiger partial charge in [0, 0.05) is 22.1 Å². The van der Waals surface area contributed by atoms with Gasteiger partial charge in [-0.1, -0.05) is 36.0 Å². The number of Topliss-reactive ketones (excluding diaryl/α,β-unsaturated/α-hetero) is 1. The largest absolute Gasteiger partial charge is 0.288 e. The minimum Gasteiger partial charge on any atom is -0.288 e. The van der Waals surface area contributed by atoms with Crippen molar-refractivity contribution in [1.29, 1.82) is 0 Å².